The first kappa shape index (κ1) is 37.1. The number of hydrogen-bond acceptors (Lipinski definition) is 4. The molecule has 0 saturated carbocycles. The normalized spacial score (nSPS) is 12.0. The summed E-state index contributed by atoms with van der Waals surface area (Å²) >= 11 is 0.250. The molecule has 235 valence electrons. The molecule has 2 aromatic carbocycles. The number of allylic oxidation sites excluding steroid dienone is 2. The number of aryl methyl sites for hydroxylation is 3. The molecular formula is C37H49IrN2O2Se-. The molecule has 2 aromatic heterocycles. The molecule has 1 radical (unpaired) electrons. The Morgan fingerprint density at radius 3 is 2.14 bits per heavy atom. The minimum atomic E-state index is 0. The van der Waals surface area contributed by atoms with Gasteiger partial charge in [0.15, 0.2) is 5.78 Å². The molecule has 0 fully saturated rings. The molecule has 0 bridgehead atoms. The summed E-state index contributed by atoms with van der Waals surface area (Å²) in [7, 11) is 0. The SMILES string of the molecule is CCC(CC)C(=O)/C=C(\O)C(CC)CC.Cc1[c-]c(-c2nnc(C)c3c2[se]c2cc(CC(C)(C)C)ccc23)cc(C)c1.[Ir]. The Kier molecular flexibility index (Phi) is 14.0. The van der Waals surface area contributed by atoms with E-state index in [1.807, 2.05) is 27.7 Å². The fourth-order valence-corrected chi connectivity index (χ4v) is 8.35. The van der Waals surface area contributed by atoms with E-state index in [0.29, 0.717) is 5.41 Å². The van der Waals surface area contributed by atoms with Crippen molar-refractivity contribution in [3.63, 3.8) is 0 Å². The van der Waals surface area contributed by atoms with Crippen LogP contribution in [0.1, 0.15) is 96.5 Å². The van der Waals surface area contributed by atoms with E-state index in [1.165, 1.54) is 36.5 Å². The Labute approximate surface area is 278 Å². The van der Waals surface area contributed by atoms with Crippen molar-refractivity contribution in [1.82, 2.24) is 10.2 Å². The minimum absolute atomic E-state index is 0. The van der Waals surface area contributed by atoms with Crippen LogP contribution < -0.4 is 0 Å². The van der Waals surface area contributed by atoms with Crippen LogP contribution >= 0.6 is 0 Å². The second kappa shape index (κ2) is 16.3. The van der Waals surface area contributed by atoms with Gasteiger partial charge in [-0.3, -0.25) is 4.79 Å². The number of nitrogens with zero attached hydrogens (tertiary/aromatic N) is 2. The largest absolute Gasteiger partial charge is 0 e. The predicted octanol–water partition coefficient (Wildman–Crippen LogP) is 9.69. The Balaban J connectivity index is 0.000000348. The Bertz CT molecular complexity index is 1540. The number of ketones is 1. The zero-order valence-electron chi connectivity index (χ0n) is 27.6. The number of carbonyl (C=O) groups is 1. The average Bonchev–Trinajstić information content (AvgIpc) is 3.28. The molecule has 0 aliphatic carbocycles. The maximum atomic E-state index is 11.7. The molecule has 1 N–H and O–H groups in total. The molecule has 4 rings (SSSR count). The van der Waals surface area contributed by atoms with Crippen LogP contribution in [0.4, 0.5) is 0 Å². The summed E-state index contributed by atoms with van der Waals surface area (Å²) in [5.74, 6) is 0.547. The summed E-state index contributed by atoms with van der Waals surface area (Å²) in [5.41, 5.74) is 7.22. The van der Waals surface area contributed by atoms with Crippen LogP contribution in [-0.4, -0.2) is 35.6 Å². The van der Waals surface area contributed by atoms with Crippen LogP contribution in [-0.2, 0) is 31.3 Å². The van der Waals surface area contributed by atoms with E-state index in [9.17, 15) is 9.90 Å². The van der Waals surface area contributed by atoms with E-state index in [-0.39, 0.29) is 58.0 Å². The zero-order chi connectivity index (χ0) is 31.2. The first-order valence-corrected chi connectivity index (χ1v) is 17.2. The molecule has 0 unspecified atom stereocenters. The minimum Gasteiger partial charge on any atom is 0 e. The summed E-state index contributed by atoms with van der Waals surface area (Å²) in [6.45, 7) is 21.3. The van der Waals surface area contributed by atoms with E-state index in [1.54, 1.807) is 0 Å². The molecule has 0 atom stereocenters. The van der Waals surface area contributed by atoms with Gasteiger partial charge >= 0.3 is 167 Å². The van der Waals surface area contributed by atoms with Gasteiger partial charge in [0.1, 0.15) is 0 Å². The number of aromatic nitrogens is 2. The standard InChI is InChI=1S/C24H25N2Se.C13H24O2.Ir/c1-14-9-15(2)11-18(10-14)22-23-21(16(3)25-26-22)19-8-7-17(12-20(19)27-23)13-24(4,5)6;1-5-10(6-2)12(14)9-13(15)11(7-3)8-4;/h7-10,12H,13H2,1-6H3;9-11,14H,5-8H2,1-4H3;/q-1;;/b;12-9-;. The first-order valence-electron chi connectivity index (χ1n) is 15.4. The van der Waals surface area contributed by atoms with Gasteiger partial charge in [0.2, 0.25) is 0 Å². The van der Waals surface area contributed by atoms with Crippen molar-refractivity contribution in [3.05, 3.63) is 70.6 Å². The number of rotatable bonds is 9. The number of hydrogen-bond donors (Lipinski definition) is 1. The van der Waals surface area contributed by atoms with Gasteiger partial charge in [0.25, 0.3) is 0 Å². The van der Waals surface area contributed by atoms with Crippen molar-refractivity contribution in [2.24, 2.45) is 17.3 Å². The van der Waals surface area contributed by atoms with Crippen LogP contribution in [0.2, 0.25) is 0 Å². The number of carbonyl (C=O) groups excluding carboxylic acids is 1. The third-order valence-corrected chi connectivity index (χ3v) is 10.3. The van der Waals surface area contributed by atoms with Crippen LogP contribution in [0.25, 0.3) is 30.6 Å². The van der Waals surface area contributed by atoms with Crippen molar-refractivity contribution in [3.8, 4) is 11.3 Å². The first-order chi connectivity index (χ1) is 19.8. The van der Waals surface area contributed by atoms with E-state index in [2.05, 4.69) is 88.1 Å². The quantitative estimate of drug-likeness (QED) is 0.0791. The van der Waals surface area contributed by atoms with E-state index < -0.39 is 0 Å². The third kappa shape index (κ3) is 9.69. The van der Waals surface area contributed by atoms with Gasteiger partial charge in [-0.1, -0.05) is 27.7 Å². The van der Waals surface area contributed by atoms with Gasteiger partial charge in [0, 0.05) is 38.0 Å². The van der Waals surface area contributed by atoms with Crippen molar-refractivity contribution >= 4 is 39.6 Å². The van der Waals surface area contributed by atoms with Crippen molar-refractivity contribution in [2.45, 2.75) is 101 Å². The van der Waals surface area contributed by atoms with Gasteiger partial charge < -0.3 is 5.11 Å². The molecule has 2 heterocycles. The van der Waals surface area contributed by atoms with Gasteiger partial charge in [-0.15, -0.1) is 0 Å². The summed E-state index contributed by atoms with van der Waals surface area (Å²) < 4.78 is 2.82. The molecule has 43 heavy (non-hydrogen) atoms. The summed E-state index contributed by atoms with van der Waals surface area (Å²) in [6, 6.07) is 14.8. The summed E-state index contributed by atoms with van der Waals surface area (Å²) in [4.78, 5) is 11.7. The van der Waals surface area contributed by atoms with Gasteiger partial charge in [-0.05, 0) is 25.7 Å². The number of benzene rings is 2. The van der Waals surface area contributed by atoms with E-state index in [0.717, 1.165) is 54.6 Å². The number of aliphatic hydroxyl groups is 1. The topological polar surface area (TPSA) is 63.1 Å². The number of fused-ring (bicyclic) bond motifs is 3. The average molecular weight is 825 g/mol. The molecule has 4 nitrogen and oxygen atoms in total. The molecular weight excluding hydrogens is 776 g/mol. The number of aliphatic hydroxyl groups excluding tert-OH is 1. The summed E-state index contributed by atoms with van der Waals surface area (Å²) in [6.07, 6.45) is 6.00. The van der Waals surface area contributed by atoms with Crippen LogP contribution in [0, 0.1) is 44.1 Å². The van der Waals surface area contributed by atoms with Crippen LogP contribution in [0.3, 0.4) is 0 Å². The maximum absolute atomic E-state index is 11.7. The van der Waals surface area contributed by atoms with Crippen LogP contribution in [0.15, 0.2) is 42.2 Å². The third-order valence-electron chi connectivity index (χ3n) is 7.85. The molecule has 0 amide bonds. The van der Waals surface area contributed by atoms with E-state index in [4.69, 9.17) is 0 Å². The maximum Gasteiger partial charge on any atom is 0 e. The molecule has 0 saturated heterocycles. The fourth-order valence-electron chi connectivity index (χ4n) is 5.59. The van der Waals surface area contributed by atoms with Crippen LogP contribution in [0.5, 0.6) is 0 Å². The Morgan fingerprint density at radius 2 is 1.58 bits per heavy atom. The van der Waals surface area contributed by atoms with Crippen molar-refractivity contribution < 1.29 is 30.0 Å². The zero-order valence-corrected chi connectivity index (χ0v) is 31.8. The van der Waals surface area contributed by atoms with Crippen molar-refractivity contribution in [1.29, 1.82) is 0 Å². The second-order valence-electron chi connectivity index (χ2n) is 12.8. The van der Waals surface area contributed by atoms with Gasteiger partial charge in [-0.2, -0.15) is 0 Å². The summed E-state index contributed by atoms with van der Waals surface area (Å²) in [5, 5.41) is 21.5. The second-order valence-corrected chi connectivity index (χ2v) is 15.0. The molecule has 6 heteroatoms. The fraction of sp³-hybridized carbons (Fsp3) is 0.486. The Hall–Kier alpha value is -2.10. The Morgan fingerprint density at radius 1 is 0.953 bits per heavy atom. The smallest absolute Gasteiger partial charge is 0 e. The van der Waals surface area contributed by atoms with E-state index >= 15 is 0 Å². The van der Waals surface area contributed by atoms with Crippen molar-refractivity contribution in [2.75, 3.05) is 0 Å². The predicted molar refractivity (Wildman–Crippen MR) is 179 cm³/mol. The monoisotopic (exact) mass is 826 g/mol. The van der Waals surface area contributed by atoms with Gasteiger partial charge in [0.05, 0.1) is 5.76 Å². The van der Waals surface area contributed by atoms with Gasteiger partial charge in [-0.25, -0.2) is 0 Å². The molecule has 0 aliphatic rings. The molecule has 4 aromatic rings. The molecule has 0 spiro atoms. The molecule has 0 aliphatic heterocycles.